The molecule has 1 aromatic heterocycles. The van der Waals surface area contributed by atoms with Crippen molar-refractivity contribution in [2.24, 2.45) is 0 Å². The minimum Gasteiger partial charge on any atom is -0.507 e. The molecule has 0 spiro atoms. The lowest BCUT2D eigenvalue weighted by molar-refractivity contribution is -0.132. The third kappa shape index (κ3) is 4.41. The van der Waals surface area contributed by atoms with Crippen molar-refractivity contribution in [2.75, 3.05) is 4.90 Å². The van der Waals surface area contributed by atoms with Crippen LogP contribution >= 0.6 is 15.9 Å². The number of ether oxygens (including phenoxy) is 1. The van der Waals surface area contributed by atoms with Gasteiger partial charge in [-0.1, -0.05) is 22.0 Å². The fourth-order valence-corrected chi connectivity index (χ4v) is 4.31. The normalized spacial score (nSPS) is 17.6. The molecule has 2 heterocycles. The summed E-state index contributed by atoms with van der Waals surface area (Å²) in [6, 6.07) is 15.0. The number of nitrogens with zero attached hydrogens (tertiary/aromatic N) is 2. The van der Waals surface area contributed by atoms with Crippen molar-refractivity contribution in [1.29, 1.82) is 0 Å². The minimum absolute atomic E-state index is 0.00496. The molecule has 6 nitrogen and oxygen atoms in total. The summed E-state index contributed by atoms with van der Waals surface area (Å²) in [6.07, 6.45) is 3.20. The number of amides is 1. The van der Waals surface area contributed by atoms with Crippen molar-refractivity contribution >= 4 is 39.1 Å². The number of anilines is 1. The molecule has 4 rings (SSSR count). The molecule has 1 fully saturated rings. The highest BCUT2D eigenvalue weighted by Gasteiger charge is 2.47. The Balaban J connectivity index is 1.88. The van der Waals surface area contributed by atoms with Crippen LogP contribution in [0.2, 0.25) is 0 Å². The molecule has 1 atom stereocenters. The van der Waals surface area contributed by atoms with E-state index in [1.807, 2.05) is 26.8 Å². The van der Waals surface area contributed by atoms with Gasteiger partial charge in [0.2, 0.25) is 0 Å². The smallest absolute Gasteiger partial charge is 0.300 e. The number of Topliss-reactive ketones (excluding diaryl/α,β-unsaturated/α-hetero) is 1. The predicted molar refractivity (Wildman–Crippen MR) is 130 cm³/mol. The van der Waals surface area contributed by atoms with Crippen molar-refractivity contribution in [2.45, 2.75) is 32.9 Å². The van der Waals surface area contributed by atoms with Crippen molar-refractivity contribution in [3.63, 3.8) is 0 Å². The fraction of sp³-hybridized carbons (Fsp3) is 0.192. The Labute approximate surface area is 200 Å². The van der Waals surface area contributed by atoms with Crippen LogP contribution < -0.4 is 9.64 Å². The summed E-state index contributed by atoms with van der Waals surface area (Å²) in [5, 5.41) is 11.3. The summed E-state index contributed by atoms with van der Waals surface area (Å²) in [5.41, 5.74) is 2.50. The zero-order valence-corrected chi connectivity index (χ0v) is 20.0. The van der Waals surface area contributed by atoms with Crippen molar-refractivity contribution < 1.29 is 19.4 Å². The van der Waals surface area contributed by atoms with Crippen LogP contribution in [0, 0.1) is 6.92 Å². The number of carbonyl (C=O) groups excluding carboxylic acids is 2. The molecule has 7 heteroatoms. The highest BCUT2D eigenvalue weighted by molar-refractivity contribution is 9.10. The number of aliphatic hydroxyl groups excluding tert-OH is 1. The van der Waals surface area contributed by atoms with Gasteiger partial charge in [0, 0.05) is 28.1 Å². The summed E-state index contributed by atoms with van der Waals surface area (Å²) in [6.45, 7) is 5.74. The summed E-state index contributed by atoms with van der Waals surface area (Å²) >= 11 is 3.43. The fourth-order valence-electron chi connectivity index (χ4n) is 3.92. The van der Waals surface area contributed by atoms with Crippen LogP contribution in [0.3, 0.4) is 0 Å². The first-order valence-electron chi connectivity index (χ1n) is 10.5. The number of pyridine rings is 1. The number of hydrogen-bond acceptors (Lipinski definition) is 5. The summed E-state index contributed by atoms with van der Waals surface area (Å²) in [5.74, 6) is -0.976. The quantitative estimate of drug-likeness (QED) is 0.278. The Kier molecular flexibility index (Phi) is 6.33. The molecule has 0 radical (unpaired) electrons. The van der Waals surface area contributed by atoms with Crippen LogP contribution in [0.4, 0.5) is 5.69 Å². The molecule has 1 amide bonds. The molecule has 1 aliphatic heterocycles. The summed E-state index contributed by atoms with van der Waals surface area (Å²) < 4.78 is 6.55. The summed E-state index contributed by atoms with van der Waals surface area (Å²) in [7, 11) is 0. The van der Waals surface area contributed by atoms with E-state index in [2.05, 4.69) is 20.9 Å². The molecule has 0 saturated carbocycles. The molecule has 1 N–H and O–H groups in total. The molecule has 168 valence electrons. The first kappa shape index (κ1) is 22.7. The maximum atomic E-state index is 13.2. The first-order chi connectivity index (χ1) is 15.8. The number of aromatic nitrogens is 1. The van der Waals surface area contributed by atoms with Gasteiger partial charge in [-0.05, 0) is 80.4 Å². The number of aryl methyl sites for hydroxylation is 1. The van der Waals surface area contributed by atoms with Gasteiger partial charge < -0.3 is 9.84 Å². The molecule has 1 saturated heterocycles. The van der Waals surface area contributed by atoms with E-state index in [0.717, 1.165) is 10.0 Å². The van der Waals surface area contributed by atoms with Crippen LogP contribution in [-0.4, -0.2) is 27.9 Å². The standard InChI is InChI=1S/C26H23BrN2O4/c1-15(2)33-21-8-7-18(13-16(21)3)24(30)22-23(17-9-11-28-12-10-17)29(26(32)25(22)31)20-6-4-5-19(27)14-20/h4-15,23,30H,1-3H3/b24-22-. The lowest BCUT2D eigenvalue weighted by atomic mass is 9.95. The second-order valence-electron chi connectivity index (χ2n) is 8.08. The third-order valence-corrected chi connectivity index (χ3v) is 5.86. The van der Waals surface area contributed by atoms with Crippen LogP contribution in [-0.2, 0) is 9.59 Å². The number of rotatable bonds is 5. The number of aliphatic hydroxyl groups is 1. The molecule has 2 aromatic carbocycles. The lowest BCUT2D eigenvalue weighted by Crippen LogP contribution is -2.29. The zero-order valence-electron chi connectivity index (χ0n) is 18.4. The average molecular weight is 507 g/mol. The molecule has 33 heavy (non-hydrogen) atoms. The maximum Gasteiger partial charge on any atom is 0.300 e. The van der Waals surface area contributed by atoms with Gasteiger partial charge in [-0.25, -0.2) is 0 Å². The van der Waals surface area contributed by atoms with E-state index in [4.69, 9.17) is 4.74 Å². The molecule has 1 unspecified atom stereocenters. The Bertz CT molecular complexity index is 1250. The Hall–Kier alpha value is -3.45. The van der Waals surface area contributed by atoms with Crippen molar-refractivity contribution in [3.05, 3.63) is 93.7 Å². The van der Waals surface area contributed by atoms with Crippen LogP contribution in [0.15, 0.2) is 77.0 Å². The van der Waals surface area contributed by atoms with Gasteiger partial charge in [0.05, 0.1) is 17.7 Å². The monoisotopic (exact) mass is 506 g/mol. The van der Waals surface area contributed by atoms with Gasteiger partial charge in [-0.15, -0.1) is 0 Å². The summed E-state index contributed by atoms with van der Waals surface area (Å²) in [4.78, 5) is 31.8. The predicted octanol–water partition coefficient (Wildman–Crippen LogP) is 5.57. The number of benzene rings is 2. The van der Waals surface area contributed by atoms with E-state index >= 15 is 0 Å². The maximum absolute atomic E-state index is 13.2. The highest BCUT2D eigenvalue weighted by Crippen LogP contribution is 2.42. The van der Waals surface area contributed by atoms with Crippen molar-refractivity contribution in [1.82, 2.24) is 4.98 Å². The Morgan fingerprint density at radius 1 is 1.09 bits per heavy atom. The molecule has 3 aromatic rings. The Morgan fingerprint density at radius 2 is 1.82 bits per heavy atom. The average Bonchev–Trinajstić information content (AvgIpc) is 3.05. The van der Waals surface area contributed by atoms with Gasteiger partial charge in [-0.2, -0.15) is 0 Å². The lowest BCUT2D eigenvalue weighted by Gasteiger charge is -2.25. The van der Waals surface area contributed by atoms with Crippen molar-refractivity contribution in [3.8, 4) is 5.75 Å². The molecule has 0 aliphatic carbocycles. The van der Waals surface area contributed by atoms with Crippen LogP contribution in [0.1, 0.15) is 36.6 Å². The van der Waals surface area contributed by atoms with Gasteiger partial charge in [0.1, 0.15) is 11.5 Å². The second-order valence-corrected chi connectivity index (χ2v) is 8.99. The Morgan fingerprint density at radius 3 is 2.45 bits per heavy atom. The molecular weight excluding hydrogens is 484 g/mol. The molecular formula is C26H23BrN2O4. The third-order valence-electron chi connectivity index (χ3n) is 5.36. The number of carbonyl (C=O) groups is 2. The van der Waals surface area contributed by atoms with Gasteiger partial charge in [-0.3, -0.25) is 19.5 Å². The minimum atomic E-state index is -0.797. The topological polar surface area (TPSA) is 79.7 Å². The zero-order chi connectivity index (χ0) is 23.7. The first-order valence-corrected chi connectivity index (χ1v) is 11.3. The van der Waals surface area contributed by atoms with E-state index in [-0.39, 0.29) is 17.4 Å². The van der Waals surface area contributed by atoms with E-state index in [1.54, 1.807) is 60.9 Å². The van der Waals surface area contributed by atoms with E-state index in [1.165, 1.54) is 4.90 Å². The number of halogens is 1. The van der Waals surface area contributed by atoms with E-state index < -0.39 is 17.7 Å². The van der Waals surface area contributed by atoms with Crippen LogP contribution in [0.25, 0.3) is 5.76 Å². The largest absolute Gasteiger partial charge is 0.507 e. The van der Waals surface area contributed by atoms with E-state index in [0.29, 0.717) is 22.6 Å². The van der Waals surface area contributed by atoms with E-state index in [9.17, 15) is 14.7 Å². The second kappa shape index (κ2) is 9.19. The van der Waals surface area contributed by atoms with Crippen LogP contribution in [0.5, 0.6) is 5.75 Å². The van der Waals surface area contributed by atoms with Gasteiger partial charge >= 0.3 is 0 Å². The molecule has 0 bridgehead atoms. The van der Waals surface area contributed by atoms with Gasteiger partial charge in [0.25, 0.3) is 11.7 Å². The van der Waals surface area contributed by atoms with Gasteiger partial charge in [0.15, 0.2) is 0 Å². The highest BCUT2D eigenvalue weighted by atomic mass is 79.9. The molecule has 1 aliphatic rings. The number of hydrogen-bond donors (Lipinski definition) is 1. The number of ketones is 1. The SMILES string of the molecule is Cc1cc(/C(O)=C2/C(=O)C(=O)N(c3cccc(Br)c3)C2c2ccncc2)ccc1OC(C)C.